The van der Waals surface area contributed by atoms with Crippen molar-refractivity contribution in [2.24, 2.45) is 0 Å². The van der Waals surface area contributed by atoms with Gasteiger partial charge in [-0.05, 0) is 36.8 Å². The molecule has 0 atom stereocenters. The Bertz CT molecular complexity index is 946. The molecule has 121 valence electrons. The second kappa shape index (κ2) is 6.11. The van der Waals surface area contributed by atoms with Crippen LogP contribution in [0, 0.1) is 6.92 Å². The minimum absolute atomic E-state index is 0.176. The van der Waals surface area contributed by atoms with Crippen LogP contribution in [0.1, 0.15) is 15.9 Å². The van der Waals surface area contributed by atoms with E-state index in [0.717, 1.165) is 6.07 Å². The van der Waals surface area contributed by atoms with Gasteiger partial charge in [-0.3, -0.25) is 4.79 Å². The van der Waals surface area contributed by atoms with Crippen molar-refractivity contribution < 1.29 is 30.4 Å². The van der Waals surface area contributed by atoms with E-state index in [1.165, 1.54) is 36.4 Å². The van der Waals surface area contributed by atoms with Crippen molar-refractivity contribution in [1.29, 1.82) is 0 Å². The van der Waals surface area contributed by atoms with Crippen LogP contribution >= 0.6 is 0 Å². The van der Waals surface area contributed by atoms with Crippen LogP contribution < -0.4 is 4.18 Å². The van der Waals surface area contributed by atoms with Crippen LogP contribution in [0.2, 0.25) is 0 Å². The van der Waals surface area contributed by atoms with Crippen molar-refractivity contribution >= 4 is 25.4 Å². The number of carbonyl (C=O) groups excluding carboxylic acids is 1. The Morgan fingerprint density at radius 2 is 1.57 bits per heavy atom. The normalized spacial score (nSPS) is 11.9. The first kappa shape index (κ1) is 17.1. The predicted molar refractivity (Wildman–Crippen MR) is 79.4 cm³/mol. The van der Waals surface area contributed by atoms with Crippen molar-refractivity contribution in [3.63, 3.8) is 0 Å². The topological polar surface area (TPSA) is 114 Å². The molecule has 9 heteroatoms. The molecule has 0 unspecified atom stereocenters. The van der Waals surface area contributed by atoms with Crippen LogP contribution in [-0.2, 0) is 24.8 Å². The third-order valence-electron chi connectivity index (χ3n) is 2.82. The molecule has 0 saturated heterocycles. The summed E-state index contributed by atoms with van der Waals surface area (Å²) < 4.78 is 61.9. The summed E-state index contributed by atoms with van der Waals surface area (Å²) in [5.41, 5.74) is -0.117. The zero-order chi connectivity index (χ0) is 17.3. The van der Waals surface area contributed by atoms with Crippen LogP contribution in [0.25, 0.3) is 0 Å². The molecule has 0 amide bonds. The molecule has 0 aliphatic heterocycles. The van der Waals surface area contributed by atoms with Crippen molar-refractivity contribution in [2.45, 2.75) is 11.8 Å². The summed E-state index contributed by atoms with van der Waals surface area (Å²) in [5, 5.41) is -1.75. The van der Waals surface area contributed by atoms with Gasteiger partial charge in [0.25, 0.3) is 0 Å². The smallest absolute Gasteiger partial charge is 0.363 e. The van der Waals surface area contributed by atoms with E-state index in [4.69, 9.17) is 4.18 Å². The second-order valence-corrected chi connectivity index (χ2v) is 7.42. The number of aryl methyl sites for hydroxylation is 1. The highest BCUT2D eigenvalue weighted by molar-refractivity contribution is 8.01. The highest BCUT2D eigenvalue weighted by atomic mass is 32.2. The molecule has 7 nitrogen and oxygen atoms in total. The lowest BCUT2D eigenvalue weighted by Gasteiger charge is -2.10. The standard InChI is InChI=1S/C14H11O7S2/c1-10-7-8-12(14(15)22(16,17)18)13(9-10)21-23(19,20)11-5-3-2-4-6-11/h2-9H,1H3. The van der Waals surface area contributed by atoms with Gasteiger partial charge < -0.3 is 4.18 Å². The van der Waals surface area contributed by atoms with E-state index in [0.29, 0.717) is 5.56 Å². The molecule has 1 radical (unpaired) electrons. The fourth-order valence-electron chi connectivity index (χ4n) is 1.76. The molecule has 2 rings (SSSR count). The summed E-state index contributed by atoms with van der Waals surface area (Å²) in [5.74, 6) is -0.515. The molecule has 0 aromatic heterocycles. The lowest BCUT2D eigenvalue weighted by Crippen LogP contribution is -2.16. The van der Waals surface area contributed by atoms with Crippen molar-refractivity contribution in [2.75, 3.05) is 0 Å². The molecule has 0 heterocycles. The zero-order valence-electron chi connectivity index (χ0n) is 11.8. The van der Waals surface area contributed by atoms with Crippen LogP contribution in [0.5, 0.6) is 5.75 Å². The average Bonchev–Trinajstić information content (AvgIpc) is 2.46. The van der Waals surface area contributed by atoms with E-state index in [1.807, 2.05) is 0 Å². The quantitative estimate of drug-likeness (QED) is 0.771. The summed E-state index contributed by atoms with van der Waals surface area (Å²) in [7, 11) is -9.56. The first-order valence-corrected chi connectivity index (χ1v) is 9.03. The molecule has 2 aromatic rings. The summed E-state index contributed by atoms with van der Waals surface area (Å²) >= 11 is 0. The second-order valence-electron chi connectivity index (χ2n) is 4.59. The fraction of sp³-hybridized carbons (Fsp3) is 0.0714. The van der Waals surface area contributed by atoms with E-state index < -0.39 is 36.7 Å². The van der Waals surface area contributed by atoms with Gasteiger partial charge >= 0.3 is 25.4 Å². The number of rotatable bonds is 4. The highest BCUT2D eigenvalue weighted by Gasteiger charge is 2.28. The largest absolute Gasteiger partial charge is 0.378 e. The third-order valence-corrected chi connectivity index (χ3v) is 4.74. The highest BCUT2D eigenvalue weighted by Crippen LogP contribution is 2.26. The molecule has 0 aliphatic carbocycles. The minimum atomic E-state index is -5.28. The van der Waals surface area contributed by atoms with Gasteiger partial charge in [-0.1, -0.05) is 28.8 Å². The third kappa shape index (κ3) is 3.95. The maximum Gasteiger partial charge on any atom is 0.363 e. The Labute approximate surface area is 133 Å². The van der Waals surface area contributed by atoms with Gasteiger partial charge in [0.2, 0.25) is 0 Å². The Kier molecular flexibility index (Phi) is 4.55. The lowest BCUT2D eigenvalue weighted by atomic mass is 10.1. The molecule has 23 heavy (non-hydrogen) atoms. The van der Waals surface area contributed by atoms with Gasteiger partial charge in [-0.15, -0.1) is 0 Å². The van der Waals surface area contributed by atoms with E-state index in [1.54, 1.807) is 13.0 Å². The van der Waals surface area contributed by atoms with Gasteiger partial charge in [0.05, 0.1) is 5.56 Å². The fourth-order valence-corrected chi connectivity index (χ4v) is 3.15. The average molecular weight is 355 g/mol. The van der Waals surface area contributed by atoms with Crippen LogP contribution in [-0.4, -0.2) is 22.0 Å². The molecule has 0 N–H and O–H groups in total. The van der Waals surface area contributed by atoms with E-state index in [2.05, 4.69) is 0 Å². The molecule has 0 spiro atoms. The Morgan fingerprint density at radius 3 is 2.13 bits per heavy atom. The van der Waals surface area contributed by atoms with Gasteiger partial charge in [-0.25, -0.2) is 0 Å². The molecule has 0 bridgehead atoms. The predicted octanol–water partition coefficient (Wildman–Crippen LogP) is 1.66. The van der Waals surface area contributed by atoms with Gasteiger partial charge in [0.15, 0.2) is 5.75 Å². The molecule has 0 aliphatic rings. The van der Waals surface area contributed by atoms with Crippen molar-refractivity contribution in [3.8, 4) is 5.75 Å². The first-order valence-electron chi connectivity index (χ1n) is 6.22. The minimum Gasteiger partial charge on any atom is -0.378 e. The van der Waals surface area contributed by atoms with E-state index >= 15 is 0 Å². The van der Waals surface area contributed by atoms with Crippen molar-refractivity contribution in [1.82, 2.24) is 0 Å². The van der Waals surface area contributed by atoms with Gasteiger partial charge in [0, 0.05) is 0 Å². The van der Waals surface area contributed by atoms with Gasteiger partial charge in [0.1, 0.15) is 4.90 Å². The summed E-state index contributed by atoms with van der Waals surface area (Å²) in [6, 6.07) is 10.7. The monoisotopic (exact) mass is 355 g/mol. The SMILES string of the molecule is Cc1ccc(C(=O)S([O])(=O)=O)c(OS(=O)(=O)c2ccccc2)c1. The lowest BCUT2D eigenvalue weighted by molar-refractivity contribution is 0.105. The Hall–Kier alpha value is -2.23. The van der Waals surface area contributed by atoms with Gasteiger partial charge in [-0.2, -0.15) is 16.8 Å². The Morgan fingerprint density at radius 1 is 0.957 bits per heavy atom. The van der Waals surface area contributed by atoms with Crippen LogP contribution in [0.4, 0.5) is 0 Å². The first-order chi connectivity index (χ1) is 10.6. The number of hydrogen-bond acceptors (Lipinski definition) is 6. The van der Waals surface area contributed by atoms with Crippen molar-refractivity contribution in [3.05, 3.63) is 59.7 Å². The summed E-state index contributed by atoms with van der Waals surface area (Å²) in [6.45, 7) is 1.59. The zero-order valence-corrected chi connectivity index (χ0v) is 13.4. The summed E-state index contributed by atoms with van der Waals surface area (Å²) in [4.78, 5) is 11.5. The molecule has 0 saturated carbocycles. The summed E-state index contributed by atoms with van der Waals surface area (Å²) in [6.07, 6.45) is 0. The molecule has 2 aromatic carbocycles. The Balaban J connectivity index is 2.52. The van der Waals surface area contributed by atoms with E-state index in [9.17, 15) is 26.2 Å². The molecule has 0 fully saturated rings. The number of benzene rings is 2. The number of hydrogen-bond donors (Lipinski definition) is 0. The number of carbonyl (C=O) groups is 1. The molecular formula is C14H11O7S2. The van der Waals surface area contributed by atoms with E-state index in [-0.39, 0.29) is 4.90 Å². The maximum absolute atomic E-state index is 12.2. The van der Waals surface area contributed by atoms with Crippen LogP contribution in [0.15, 0.2) is 53.4 Å². The molecular weight excluding hydrogens is 344 g/mol. The maximum atomic E-state index is 12.2. The van der Waals surface area contributed by atoms with Crippen LogP contribution in [0.3, 0.4) is 0 Å².